The Morgan fingerprint density at radius 1 is 1.50 bits per heavy atom. The Labute approximate surface area is 134 Å². The van der Waals surface area contributed by atoms with Crippen molar-refractivity contribution in [2.75, 3.05) is 13.1 Å². The van der Waals surface area contributed by atoms with Gasteiger partial charge < -0.3 is 14.9 Å². The summed E-state index contributed by atoms with van der Waals surface area (Å²) < 4.78 is -0.484. The lowest BCUT2D eigenvalue weighted by Gasteiger charge is -2.41. The van der Waals surface area contributed by atoms with Gasteiger partial charge in [-0.25, -0.2) is 4.79 Å². The molecule has 0 unspecified atom stereocenters. The molecular formula is C15H21N3O3S. The molecule has 6 nitrogen and oxygen atoms in total. The highest BCUT2D eigenvalue weighted by Gasteiger charge is 2.63. The van der Waals surface area contributed by atoms with Crippen molar-refractivity contribution < 1.29 is 14.7 Å². The Balaban J connectivity index is 1.69. The predicted molar refractivity (Wildman–Crippen MR) is 86.0 cm³/mol. The molecule has 22 heavy (non-hydrogen) atoms. The van der Waals surface area contributed by atoms with E-state index in [4.69, 9.17) is 0 Å². The number of carbonyl (C=O) groups excluding carboxylic acids is 1. The van der Waals surface area contributed by atoms with Gasteiger partial charge in [-0.3, -0.25) is 9.79 Å². The molecule has 1 N–H and O–H groups in total. The zero-order valence-electron chi connectivity index (χ0n) is 12.8. The maximum atomic E-state index is 12.3. The number of thioether (sulfide) groups is 1. The van der Waals surface area contributed by atoms with Crippen molar-refractivity contribution in [1.82, 2.24) is 9.80 Å². The van der Waals surface area contributed by atoms with E-state index in [-0.39, 0.29) is 11.3 Å². The molecule has 3 atom stereocenters. The molecule has 0 aromatic carbocycles. The number of fused-ring (bicyclic) bond motifs is 1. The van der Waals surface area contributed by atoms with E-state index in [1.165, 1.54) is 16.7 Å². The Morgan fingerprint density at radius 3 is 3.00 bits per heavy atom. The van der Waals surface area contributed by atoms with E-state index in [0.29, 0.717) is 0 Å². The number of carboxylic acid groups (broad SMARTS) is 1. The molecular weight excluding hydrogens is 302 g/mol. The molecule has 0 aromatic heterocycles. The number of rotatable bonds is 3. The first-order valence-electron chi connectivity index (χ1n) is 7.57. The van der Waals surface area contributed by atoms with Crippen LogP contribution in [0, 0.1) is 0 Å². The number of β-lactam (4-membered cyclic amide) rings is 1. The molecule has 1 amide bonds. The van der Waals surface area contributed by atoms with Gasteiger partial charge in [-0.2, -0.15) is 0 Å². The van der Waals surface area contributed by atoms with E-state index in [1.807, 2.05) is 13.8 Å². The second kappa shape index (κ2) is 5.61. The summed E-state index contributed by atoms with van der Waals surface area (Å²) in [5.74, 6) is -1.11. The number of carbonyl (C=O) groups is 2. The Morgan fingerprint density at radius 2 is 2.27 bits per heavy atom. The predicted octanol–water partition coefficient (Wildman–Crippen LogP) is 1.18. The van der Waals surface area contributed by atoms with Gasteiger partial charge >= 0.3 is 5.97 Å². The smallest absolute Gasteiger partial charge is 0.327 e. The zero-order valence-corrected chi connectivity index (χ0v) is 13.6. The molecule has 3 rings (SSSR count). The number of carboxylic acids is 1. The molecule has 3 heterocycles. The topological polar surface area (TPSA) is 73.2 Å². The van der Waals surface area contributed by atoms with Crippen LogP contribution >= 0.6 is 11.8 Å². The molecule has 0 bridgehead atoms. The minimum absolute atomic E-state index is 0.151. The van der Waals surface area contributed by atoms with E-state index in [1.54, 1.807) is 6.34 Å². The summed E-state index contributed by atoms with van der Waals surface area (Å²) in [6, 6.07) is -1.21. The summed E-state index contributed by atoms with van der Waals surface area (Å²) in [6.07, 6.45) is 8.20. The number of aliphatic carboxylic acids is 1. The van der Waals surface area contributed by atoms with Crippen LogP contribution in [0.4, 0.5) is 0 Å². The highest BCUT2D eigenvalue weighted by atomic mass is 32.2. The number of amides is 1. The highest BCUT2D eigenvalue weighted by molar-refractivity contribution is 8.01. The van der Waals surface area contributed by atoms with Crippen molar-refractivity contribution in [3.63, 3.8) is 0 Å². The number of nitrogens with zero attached hydrogens (tertiary/aromatic N) is 3. The molecule has 0 aliphatic carbocycles. The van der Waals surface area contributed by atoms with E-state index in [0.717, 1.165) is 25.9 Å². The molecule has 2 fully saturated rings. The van der Waals surface area contributed by atoms with Crippen LogP contribution in [-0.4, -0.2) is 68.4 Å². The highest BCUT2D eigenvalue weighted by Crippen LogP contribution is 2.51. The number of allylic oxidation sites excluding steroid dienone is 1. The van der Waals surface area contributed by atoms with Gasteiger partial charge in [-0.1, -0.05) is 12.2 Å². The van der Waals surface area contributed by atoms with Crippen molar-refractivity contribution in [3.8, 4) is 0 Å². The average Bonchev–Trinajstić information content (AvgIpc) is 2.60. The first kappa shape index (κ1) is 15.4. The minimum Gasteiger partial charge on any atom is -0.480 e. The second-order valence-electron chi connectivity index (χ2n) is 6.42. The van der Waals surface area contributed by atoms with Gasteiger partial charge in [0.1, 0.15) is 11.4 Å². The number of hydrogen-bond donors (Lipinski definition) is 1. The van der Waals surface area contributed by atoms with E-state index >= 15 is 0 Å². The quantitative estimate of drug-likeness (QED) is 0.365. The summed E-state index contributed by atoms with van der Waals surface area (Å²) in [6.45, 7) is 5.50. The summed E-state index contributed by atoms with van der Waals surface area (Å²) in [5, 5.41) is 9.23. The van der Waals surface area contributed by atoms with E-state index < -0.39 is 22.8 Å². The third-order valence-corrected chi connectivity index (χ3v) is 5.92. The second-order valence-corrected chi connectivity index (χ2v) is 8.19. The van der Waals surface area contributed by atoms with Gasteiger partial charge in [0, 0.05) is 17.8 Å². The van der Waals surface area contributed by atoms with Crippen LogP contribution < -0.4 is 0 Å². The van der Waals surface area contributed by atoms with Crippen molar-refractivity contribution in [2.45, 2.75) is 48.9 Å². The lowest BCUT2D eigenvalue weighted by molar-refractivity contribution is -0.158. The lowest BCUT2D eigenvalue weighted by Crippen LogP contribution is -2.65. The molecule has 0 radical (unpaired) electrons. The molecule has 0 aromatic rings. The standard InChI is InChI=1S/C15H21N3O3S/c1-15(2)11(14(20)21)18-12(19)10(13(18)22-15)16-9-17-7-5-3-4-6-8-17/h3,5,9-11,13H,4,6-8H2,1-2H3,(H,20,21)/t10-,11+,13-/m1/s1. The van der Waals surface area contributed by atoms with Crippen molar-refractivity contribution >= 4 is 30.0 Å². The largest absolute Gasteiger partial charge is 0.480 e. The van der Waals surface area contributed by atoms with Crippen molar-refractivity contribution in [1.29, 1.82) is 0 Å². The SMILES string of the molecule is CC1(C)S[C@@H]2[C@H](N=CN3CC=CCCC3)C(=O)N2[C@H]1C(=O)O. The fraction of sp³-hybridized carbons (Fsp3) is 0.667. The summed E-state index contributed by atoms with van der Waals surface area (Å²) in [5.41, 5.74) is 0. The van der Waals surface area contributed by atoms with Crippen molar-refractivity contribution in [3.05, 3.63) is 12.2 Å². The van der Waals surface area contributed by atoms with Crippen LogP contribution in [0.5, 0.6) is 0 Å². The normalized spacial score (nSPS) is 33.7. The first-order valence-corrected chi connectivity index (χ1v) is 8.45. The third kappa shape index (κ3) is 2.51. The summed E-state index contributed by atoms with van der Waals surface area (Å²) >= 11 is 1.53. The van der Waals surface area contributed by atoms with Crippen molar-refractivity contribution in [2.24, 2.45) is 4.99 Å². The minimum atomic E-state index is -0.937. The van der Waals surface area contributed by atoms with Crippen LogP contribution in [0.1, 0.15) is 26.7 Å². The van der Waals surface area contributed by atoms with Gasteiger partial charge in [-0.05, 0) is 26.7 Å². The fourth-order valence-electron chi connectivity index (χ4n) is 3.23. The molecule has 3 aliphatic rings. The maximum Gasteiger partial charge on any atom is 0.327 e. The summed E-state index contributed by atoms with van der Waals surface area (Å²) in [4.78, 5) is 31.8. The van der Waals surface area contributed by atoms with Gasteiger partial charge in [0.25, 0.3) is 5.91 Å². The molecule has 0 spiro atoms. The number of hydrogen-bond acceptors (Lipinski definition) is 4. The Bertz CT molecular complexity index is 546. The molecule has 7 heteroatoms. The Hall–Kier alpha value is -1.50. The molecule has 3 aliphatic heterocycles. The van der Waals surface area contributed by atoms with Crippen LogP contribution in [0.2, 0.25) is 0 Å². The van der Waals surface area contributed by atoms with Gasteiger partial charge in [0.15, 0.2) is 6.04 Å². The van der Waals surface area contributed by atoms with Crippen LogP contribution in [-0.2, 0) is 9.59 Å². The lowest BCUT2D eigenvalue weighted by atomic mass is 9.96. The first-order chi connectivity index (χ1) is 10.4. The Kier molecular flexibility index (Phi) is 3.92. The fourth-order valence-corrected chi connectivity index (χ4v) is 4.85. The molecule has 120 valence electrons. The average molecular weight is 323 g/mol. The van der Waals surface area contributed by atoms with Crippen LogP contribution in [0.15, 0.2) is 17.1 Å². The van der Waals surface area contributed by atoms with Gasteiger partial charge in [0.2, 0.25) is 0 Å². The van der Waals surface area contributed by atoms with E-state index in [9.17, 15) is 14.7 Å². The third-order valence-electron chi connectivity index (χ3n) is 4.36. The summed E-state index contributed by atoms with van der Waals surface area (Å²) in [7, 11) is 0. The zero-order chi connectivity index (χ0) is 15.9. The van der Waals surface area contributed by atoms with Crippen LogP contribution in [0.25, 0.3) is 0 Å². The van der Waals surface area contributed by atoms with Gasteiger partial charge in [0.05, 0.1) is 6.34 Å². The maximum absolute atomic E-state index is 12.3. The van der Waals surface area contributed by atoms with Crippen LogP contribution in [0.3, 0.4) is 0 Å². The van der Waals surface area contributed by atoms with Gasteiger partial charge in [-0.15, -0.1) is 11.8 Å². The monoisotopic (exact) mass is 323 g/mol. The number of aliphatic imine (C=N–C) groups is 1. The molecule has 2 saturated heterocycles. The molecule has 0 saturated carbocycles. The van der Waals surface area contributed by atoms with E-state index in [2.05, 4.69) is 22.0 Å².